The van der Waals surface area contributed by atoms with Crippen LogP contribution in [0.3, 0.4) is 0 Å². The van der Waals surface area contributed by atoms with E-state index in [1.54, 1.807) is 0 Å². The summed E-state index contributed by atoms with van der Waals surface area (Å²) in [6.07, 6.45) is 3.26. The van der Waals surface area contributed by atoms with Gasteiger partial charge in [0.1, 0.15) is 9.84 Å². The zero-order chi connectivity index (χ0) is 10.1. The summed E-state index contributed by atoms with van der Waals surface area (Å²) in [5.41, 5.74) is 5.55. The summed E-state index contributed by atoms with van der Waals surface area (Å²) in [4.78, 5) is 11.3. The Morgan fingerprint density at radius 2 is 2.08 bits per heavy atom. The van der Waals surface area contributed by atoms with Crippen LogP contribution in [0.15, 0.2) is 0 Å². The van der Waals surface area contributed by atoms with Crippen molar-refractivity contribution in [1.29, 1.82) is 0 Å². The second-order valence-corrected chi connectivity index (χ2v) is 5.96. The van der Waals surface area contributed by atoms with Crippen LogP contribution in [0.4, 0.5) is 0 Å². The highest BCUT2D eigenvalue weighted by Crippen LogP contribution is 2.30. The van der Waals surface area contributed by atoms with Crippen LogP contribution < -0.4 is 5.73 Å². The summed E-state index contributed by atoms with van der Waals surface area (Å²) < 4.78 is 21.6. The normalized spacial score (nSPS) is 19.8. The molecule has 0 aromatic rings. The van der Waals surface area contributed by atoms with Gasteiger partial charge in [0, 0.05) is 12.2 Å². The Bertz CT molecular complexity index is 293. The fourth-order valence-electron chi connectivity index (χ4n) is 1.15. The van der Waals surface area contributed by atoms with Gasteiger partial charge in [-0.1, -0.05) is 0 Å². The van der Waals surface area contributed by atoms with Crippen LogP contribution in [0.2, 0.25) is 0 Å². The lowest BCUT2D eigenvalue weighted by Gasteiger charge is -2.08. The van der Waals surface area contributed by atoms with E-state index in [1.165, 1.54) is 0 Å². The molecule has 1 rings (SSSR count). The van der Waals surface area contributed by atoms with E-state index in [-0.39, 0.29) is 23.9 Å². The van der Waals surface area contributed by atoms with Gasteiger partial charge in [-0.05, 0) is 19.3 Å². The number of carbonyl (C=O) groups is 1. The van der Waals surface area contributed by atoms with E-state index in [2.05, 4.69) is 0 Å². The highest BCUT2D eigenvalue weighted by molar-refractivity contribution is 7.90. The lowest BCUT2D eigenvalue weighted by Crippen LogP contribution is -2.33. The van der Waals surface area contributed by atoms with Gasteiger partial charge in [0.15, 0.2) is 5.78 Å². The number of hydrogen-bond donors (Lipinski definition) is 1. The maximum atomic E-state index is 11.3. The molecule has 4 nitrogen and oxygen atoms in total. The Hall–Kier alpha value is -0.420. The highest BCUT2D eigenvalue weighted by Gasteiger charge is 2.33. The van der Waals surface area contributed by atoms with E-state index in [0.29, 0.717) is 0 Å². The van der Waals surface area contributed by atoms with E-state index in [0.717, 1.165) is 19.1 Å². The molecule has 0 saturated heterocycles. The predicted molar refractivity (Wildman–Crippen MR) is 50.0 cm³/mol. The maximum absolute atomic E-state index is 11.3. The molecular formula is C8H15NO3S. The van der Waals surface area contributed by atoms with Crippen molar-refractivity contribution in [2.24, 2.45) is 11.7 Å². The molecule has 0 spiro atoms. The Balaban J connectivity index is 2.32. The van der Waals surface area contributed by atoms with Gasteiger partial charge in [-0.3, -0.25) is 4.79 Å². The molecule has 0 aromatic heterocycles. The lowest BCUT2D eigenvalue weighted by atomic mass is 10.1. The average molecular weight is 205 g/mol. The van der Waals surface area contributed by atoms with Crippen molar-refractivity contribution in [2.45, 2.75) is 25.3 Å². The molecule has 1 aliphatic rings. The number of nitrogens with two attached hydrogens (primary N) is 1. The maximum Gasteiger partial charge on any atom is 0.152 e. The van der Waals surface area contributed by atoms with Gasteiger partial charge >= 0.3 is 0 Å². The van der Waals surface area contributed by atoms with E-state index in [9.17, 15) is 13.2 Å². The van der Waals surface area contributed by atoms with Gasteiger partial charge in [0.05, 0.1) is 11.8 Å². The van der Waals surface area contributed by atoms with Gasteiger partial charge in [0.25, 0.3) is 0 Å². The topological polar surface area (TPSA) is 77.2 Å². The third-order valence-electron chi connectivity index (χ3n) is 2.14. The van der Waals surface area contributed by atoms with Crippen molar-refractivity contribution in [1.82, 2.24) is 0 Å². The molecule has 0 amide bonds. The molecule has 0 aliphatic heterocycles. The Kier molecular flexibility index (Phi) is 3.08. The number of sulfone groups is 1. The zero-order valence-corrected chi connectivity index (χ0v) is 8.51. The number of carbonyl (C=O) groups excluding carboxylic acids is 1. The molecule has 0 heterocycles. The lowest BCUT2D eigenvalue weighted by molar-refractivity contribution is -0.121. The van der Waals surface area contributed by atoms with Crippen molar-refractivity contribution in [3.05, 3.63) is 0 Å². The molecule has 1 atom stereocenters. The number of Topliss-reactive ketones (excluding diaryl/α,β-unsaturated/α-hetero) is 1. The largest absolute Gasteiger partial charge is 0.321 e. The van der Waals surface area contributed by atoms with Crippen LogP contribution in [0.1, 0.15) is 19.3 Å². The smallest absolute Gasteiger partial charge is 0.152 e. The van der Waals surface area contributed by atoms with E-state index >= 15 is 0 Å². The summed E-state index contributed by atoms with van der Waals surface area (Å²) in [5, 5.41) is 0. The first kappa shape index (κ1) is 10.7. The van der Waals surface area contributed by atoms with Crippen molar-refractivity contribution in [3.63, 3.8) is 0 Å². The van der Waals surface area contributed by atoms with E-state index in [4.69, 9.17) is 5.73 Å². The fraction of sp³-hybridized carbons (Fsp3) is 0.875. The van der Waals surface area contributed by atoms with Crippen LogP contribution in [-0.2, 0) is 14.6 Å². The van der Waals surface area contributed by atoms with Crippen LogP contribution in [0.25, 0.3) is 0 Å². The van der Waals surface area contributed by atoms with Gasteiger partial charge in [-0.15, -0.1) is 0 Å². The Morgan fingerprint density at radius 3 is 2.46 bits per heavy atom. The minimum Gasteiger partial charge on any atom is -0.321 e. The van der Waals surface area contributed by atoms with Crippen LogP contribution in [0.5, 0.6) is 0 Å². The molecule has 0 radical (unpaired) electrons. The molecule has 0 bridgehead atoms. The van der Waals surface area contributed by atoms with Crippen molar-refractivity contribution >= 4 is 15.6 Å². The number of rotatable bonds is 5. The first-order chi connectivity index (χ1) is 5.90. The van der Waals surface area contributed by atoms with Crippen LogP contribution in [0, 0.1) is 5.92 Å². The fourth-order valence-corrected chi connectivity index (χ4v) is 1.84. The standard InChI is InChI=1S/C8H15NO3S/c1-13(11,12)5-4-7(9)8(10)6-2-3-6/h6-7H,2-5,9H2,1H3. The minimum atomic E-state index is -2.99. The monoisotopic (exact) mass is 205 g/mol. The van der Waals surface area contributed by atoms with Crippen molar-refractivity contribution in [3.8, 4) is 0 Å². The van der Waals surface area contributed by atoms with E-state index in [1.807, 2.05) is 0 Å². The van der Waals surface area contributed by atoms with Gasteiger partial charge in [-0.25, -0.2) is 8.42 Å². The molecule has 2 N–H and O–H groups in total. The minimum absolute atomic E-state index is 0.00657. The summed E-state index contributed by atoms with van der Waals surface area (Å²) in [6.45, 7) is 0. The Morgan fingerprint density at radius 1 is 1.54 bits per heavy atom. The number of hydrogen-bond acceptors (Lipinski definition) is 4. The molecule has 1 saturated carbocycles. The molecule has 76 valence electrons. The summed E-state index contributed by atoms with van der Waals surface area (Å²) in [5.74, 6) is 0.158. The second kappa shape index (κ2) is 3.75. The van der Waals surface area contributed by atoms with Crippen molar-refractivity contribution in [2.75, 3.05) is 12.0 Å². The van der Waals surface area contributed by atoms with E-state index < -0.39 is 15.9 Å². The molecular weight excluding hydrogens is 190 g/mol. The molecule has 0 aromatic carbocycles. The quantitative estimate of drug-likeness (QED) is 0.670. The predicted octanol–water partition coefficient (Wildman–Crippen LogP) is -0.272. The van der Waals surface area contributed by atoms with Gasteiger partial charge in [0.2, 0.25) is 0 Å². The summed E-state index contributed by atoms with van der Waals surface area (Å²) >= 11 is 0. The first-order valence-electron chi connectivity index (χ1n) is 4.37. The first-order valence-corrected chi connectivity index (χ1v) is 6.43. The second-order valence-electron chi connectivity index (χ2n) is 3.70. The molecule has 1 fully saturated rings. The zero-order valence-electron chi connectivity index (χ0n) is 7.69. The third kappa shape index (κ3) is 3.87. The number of ketones is 1. The van der Waals surface area contributed by atoms with Gasteiger partial charge < -0.3 is 5.73 Å². The molecule has 13 heavy (non-hydrogen) atoms. The SMILES string of the molecule is CS(=O)(=O)CCC(N)C(=O)C1CC1. The summed E-state index contributed by atoms with van der Waals surface area (Å²) in [6, 6.07) is -0.581. The average Bonchev–Trinajstić information content (AvgIpc) is 2.79. The summed E-state index contributed by atoms with van der Waals surface area (Å²) in [7, 11) is -2.99. The van der Waals surface area contributed by atoms with Crippen LogP contribution >= 0.6 is 0 Å². The van der Waals surface area contributed by atoms with Crippen LogP contribution in [-0.4, -0.2) is 32.3 Å². The Labute approximate surface area is 78.4 Å². The third-order valence-corrected chi connectivity index (χ3v) is 3.12. The highest BCUT2D eigenvalue weighted by atomic mass is 32.2. The molecule has 5 heteroatoms. The molecule has 1 unspecified atom stereocenters. The van der Waals surface area contributed by atoms with Crippen molar-refractivity contribution < 1.29 is 13.2 Å². The van der Waals surface area contributed by atoms with Gasteiger partial charge in [-0.2, -0.15) is 0 Å². The molecule has 1 aliphatic carbocycles.